The number of nitrogens with zero attached hydrogens (tertiary/aromatic N) is 1. The van der Waals surface area contributed by atoms with Crippen molar-refractivity contribution in [1.29, 1.82) is 0 Å². The summed E-state index contributed by atoms with van der Waals surface area (Å²) in [6, 6.07) is 7.09. The van der Waals surface area contributed by atoms with E-state index < -0.39 is 0 Å². The SMILES string of the molecule is COc1cccc(C(C(C)N)N2CC(=O)NC(=O)C2)c1. The van der Waals surface area contributed by atoms with E-state index in [1.807, 2.05) is 31.2 Å². The highest BCUT2D eigenvalue weighted by Gasteiger charge is 2.31. The van der Waals surface area contributed by atoms with Crippen LogP contribution in [0.25, 0.3) is 0 Å². The number of hydrogen-bond acceptors (Lipinski definition) is 5. The minimum Gasteiger partial charge on any atom is -0.497 e. The number of benzene rings is 1. The predicted octanol–water partition coefficient (Wildman–Crippen LogP) is 0.0419. The lowest BCUT2D eigenvalue weighted by Gasteiger charge is -2.35. The number of ether oxygens (including phenoxy) is 1. The van der Waals surface area contributed by atoms with Gasteiger partial charge in [-0.3, -0.25) is 19.8 Å². The molecule has 108 valence electrons. The lowest BCUT2D eigenvalue weighted by atomic mass is 9.98. The molecular weight excluding hydrogens is 258 g/mol. The molecule has 2 unspecified atom stereocenters. The lowest BCUT2D eigenvalue weighted by molar-refractivity contribution is -0.137. The van der Waals surface area contributed by atoms with Crippen LogP contribution in [0.5, 0.6) is 5.75 Å². The molecule has 3 N–H and O–H groups in total. The van der Waals surface area contributed by atoms with Gasteiger partial charge in [-0.05, 0) is 24.6 Å². The molecule has 1 aliphatic heterocycles. The van der Waals surface area contributed by atoms with Crippen molar-refractivity contribution in [2.45, 2.75) is 19.0 Å². The zero-order valence-corrected chi connectivity index (χ0v) is 11.6. The van der Waals surface area contributed by atoms with E-state index in [1.165, 1.54) is 0 Å². The average Bonchev–Trinajstić information content (AvgIpc) is 2.37. The van der Waals surface area contributed by atoms with Crippen molar-refractivity contribution in [3.8, 4) is 5.75 Å². The van der Waals surface area contributed by atoms with Crippen molar-refractivity contribution in [2.24, 2.45) is 5.73 Å². The topological polar surface area (TPSA) is 84.7 Å². The van der Waals surface area contributed by atoms with Crippen LogP contribution in [0.2, 0.25) is 0 Å². The first-order chi connectivity index (χ1) is 9.51. The van der Waals surface area contributed by atoms with Crippen LogP contribution in [0.4, 0.5) is 0 Å². The van der Waals surface area contributed by atoms with Gasteiger partial charge in [0.25, 0.3) is 0 Å². The molecule has 0 aromatic heterocycles. The number of carbonyl (C=O) groups excluding carboxylic acids is 2. The summed E-state index contributed by atoms with van der Waals surface area (Å²) in [6.45, 7) is 2.19. The van der Waals surface area contributed by atoms with Crippen molar-refractivity contribution in [1.82, 2.24) is 10.2 Å². The van der Waals surface area contributed by atoms with E-state index in [4.69, 9.17) is 10.5 Å². The van der Waals surface area contributed by atoms with Crippen LogP contribution in [0.3, 0.4) is 0 Å². The largest absolute Gasteiger partial charge is 0.497 e. The van der Waals surface area contributed by atoms with Gasteiger partial charge in [0, 0.05) is 6.04 Å². The predicted molar refractivity (Wildman–Crippen MR) is 74.1 cm³/mol. The van der Waals surface area contributed by atoms with Crippen LogP contribution in [0.1, 0.15) is 18.5 Å². The number of nitrogens with two attached hydrogens (primary N) is 1. The quantitative estimate of drug-likeness (QED) is 0.759. The fourth-order valence-corrected chi connectivity index (χ4v) is 2.53. The lowest BCUT2D eigenvalue weighted by Crippen LogP contribution is -2.54. The number of imide groups is 1. The van der Waals surface area contributed by atoms with E-state index >= 15 is 0 Å². The number of nitrogens with one attached hydrogen (secondary N) is 1. The second-order valence-electron chi connectivity index (χ2n) is 4.96. The summed E-state index contributed by atoms with van der Waals surface area (Å²) >= 11 is 0. The molecular formula is C14H19N3O3. The summed E-state index contributed by atoms with van der Waals surface area (Å²) in [5, 5.41) is 2.29. The van der Waals surface area contributed by atoms with Gasteiger partial charge in [0.2, 0.25) is 11.8 Å². The molecule has 0 spiro atoms. The summed E-state index contributed by atoms with van der Waals surface area (Å²) in [5.41, 5.74) is 6.99. The Kier molecular flexibility index (Phi) is 4.36. The van der Waals surface area contributed by atoms with Gasteiger partial charge in [0.15, 0.2) is 0 Å². The molecule has 1 heterocycles. The second kappa shape index (κ2) is 6.02. The van der Waals surface area contributed by atoms with Gasteiger partial charge in [-0.1, -0.05) is 12.1 Å². The third kappa shape index (κ3) is 3.15. The maximum atomic E-state index is 11.5. The molecule has 2 rings (SSSR count). The molecule has 6 heteroatoms. The monoisotopic (exact) mass is 277 g/mol. The van der Waals surface area contributed by atoms with Gasteiger partial charge >= 0.3 is 0 Å². The van der Waals surface area contributed by atoms with Crippen LogP contribution in [-0.4, -0.2) is 43.0 Å². The van der Waals surface area contributed by atoms with Gasteiger partial charge in [-0.2, -0.15) is 0 Å². The maximum Gasteiger partial charge on any atom is 0.240 e. The third-order valence-electron chi connectivity index (χ3n) is 3.30. The Balaban J connectivity index is 2.30. The third-order valence-corrected chi connectivity index (χ3v) is 3.30. The Bertz CT molecular complexity index is 500. The molecule has 2 amide bonds. The van der Waals surface area contributed by atoms with Crippen LogP contribution in [0.15, 0.2) is 24.3 Å². The number of carbonyl (C=O) groups is 2. The normalized spacial score (nSPS) is 19.4. The molecule has 2 atom stereocenters. The smallest absolute Gasteiger partial charge is 0.240 e. The van der Waals surface area contributed by atoms with Crippen molar-refractivity contribution >= 4 is 11.8 Å². The van der Waals surface area contributed by atoms with Crippen LogP contribution in [0, 0.1) is 0 Å². The maximum absolute atomic E-state index is 11.5. The molecule has 0 aliphatic carbocycles. The summed E-state index contributed by atoms with van der Waals surface area (Å²) in [6.07, 6.45) is 0. The summed E-state index contributed by atoms with van der Waals surface area (Å²) in [7, 11) is 1.60. The van der Waals surface area contributed by atoms with Crippen molar-refractivity contribution in [3.05, 3.63) is 29.8 Å². The molecule has 0 radical (unpaired) electrons. The minimum atomic E-state index is -0.296. The summed E-state index contributed by atoms with van der Waals surface area (Å²) < 4.78 is 5.21. The molecule has 1 aliphatic rings. The molecule has 1 aromatic carbocycles. The highest BCUT2D eigenvalue weighted by molar-refractivity contribution is 5.99. The highest BCUT2D eigenvalue weighted by atomic mass is 16.5. The Morgan fingerprint density at radius 2 is 1.95 bits per heavy atom. The van der Waals surface area contributed by atoms with E-state index in [2.05, 4.69) is 5.32 Å². The molecule has 20 heavy (non-hydrogen) atoms. The summed E-state index contributed by atoms with van der Waals surface area (Å²) in [4.78, 5) is 24.8. The van der Waals surface area contributed by atoms with Crippen LogP contribution in [-0.2, 0) is 9.59 Å². The number of amides is 2. The number of rotatable bonds is 4. The fraction of sp³-hybridized carbons (Fsp3) is 0.429. The molecule has 1 fully saturated rings. The molecule has 1 saturated heterocycles. The zero-order chi connectivity index (χ0) is 14.7. The Morgan fingerprint density at radius 3 is 2.50 bits per heavy atom. The zero-order valence-electron chi connectivity index (χ0n) is 11.6. The van der Waals surface area contributed by atoms with E-state index in [0.717, 1.165) is 11.3 Å². The van der Waals surface area contributed by atoms with E-state index in [0.29, 0.717) is 0 Å². The van der Waals surface area contributed by atoms with E-state index in [1.54, 1.807) is 12.0 Å². The average molecular weight is 277 g/mol. The molecule has 1 aromatic rings. The van der Waals surface area contributed by atoms with Crippen molar-refractivity contribution in [2.75, 3.05) is 20.2 Å². The Morgan fingerprint density at radius 1 is 1.30 bits per heavy atom. The van der Waals surface area contributed by atoms with Crippen molar-refractivity contribution in [3.63, 3.8) is 0 Å². The first-order valence-electron chi connectivity index (χ1n) is 6.47. The summed E-state index contributed by atoms with van der Waals surface area (Å²) in [5.74, 6) is 0.130. The fourth-order valence-electron chi connectivity index (χ4n) is 2.53. The first-order valence-corrected chi connectivity index (χ1v) is 6.47. The highest BCUT2D eigenvalue weighted by Crippen LogP contribution is 2.27. The van der Waals surface area contributed by atoms with Crippen molar-refractivity contribution < 1.29 is 14.3 Å². The second-order valence-corrected chi connectivity index (χ2v) is 4.96. The Labute approximate surface area is 117 Å². The van der Waals surface area contributed by atoms with Gasteiger partial charge in [-0.25, -0.2) is 0 Å². The molecule has 0 saturated carbocycles. The van der Waals surface area contributed by atoms with Crippen LogP contribution < -0.4 is 15.8 Å². The van der Waals surface area contributed by atoms with E-state index in [9.17, 15) is 9.59 Å². The van der Waals surface area contributed by atoms with E-state index in [-0.39, 0.29) is 37.0 Å². The molecule has 6 nitrogen and oxygen atoms in total. The van der Waals surface area contributed by atoms with Gasteiger partial charge < -0.3 is 10.5 Å². The van der Waals surface area contributed by atoms with Gasteiger partial charge in [-0.15, -0.1) is 0 Å². The van der Waals surface area contributed by atoms with Crippen LogP contribution >= 0.6 is 0 Å². The van der Waals surface area contributed by atoms with Gasteiger partial charge in [0.1, 0.15) is 5.75 Å². The molecule has 0 bridgehead atoms. The minimum absolute atomic E-state index is 0.162. The number of piperazine rings is 1. The number of methoxy groups -OCH3 is 1. The first kappa shape index (κ1) is 14.5. The van der Waals surface area contributed by atoms with Gasteiger partial charge in [0.05, 0.1) is 26.2 Å². The Hall–Kier alpha value is -1.92. The standard InChI is InChI=1S/C14H19N3O3/c1-9(15)14(10-4-3-5-11(6-10)20-2)17-7-12(18)16-13(19)8-17/h3-6,9,14H,7-8,15H2,1-2H3,(H,16,18,19). The number of hydrogen-bond donors (Lipinski definition) is 2.